The van der Waals surface area contributed by atoms with E-state index >= 15 is 0 Å². The van der Waals surface area contributed by atoms with E-state index in [0.29, 0.717) is 38.5 Å². The van der Waals surface area contributed by atoms with Gasteiger partial charge in [0.15, 0.2) is 0 Å². The van der Waals surface area contributed by atoms with Crippen LogP contribution in [0, 0.1) is 12.7 Å². The third-order valence-electron chi connectivity index (χ3n) is 8.41. The predicted octanol–water partition coefficient (Wildman–Crippen LogP) is 9.12. The van der Waals surface area contributed by atoms with Crippen LogP contribution in [0.3, 0.4) is 0 Å². The molecule has 1 aromatic heterocycles. The number of methoxy groups -OCH3 is 1. The minimum absolute atomic E-state index is 0.0689. The van der Waals surface area contributed by atoms with E-state index in [-0.39, 0.29) is 21.1 Å². The van der Waals surface area contributed by atoms with Gasteiger partial charge in [-0.25, -0.2) is 9.18 Å². The molecule has 1 heterocycles. The molecule has 1 unspecified atom stereocenters. The highest BCUT2D eigenvalue weighted by molar-refractivity contribution is 8.00. The van der Waals surface area contributed by atoms with E-state index in [1.165, 1.54) is 49.2 Å². The van der Waals surface area contributed by atoms with Gasteiger partial charge in [0.25, 0.3) is 17.7 Å². The normalized spacial score (nSPS) is 11.5. The Morgan fingerprint density at radius 3 is 2.02 bits per heavy atom. The van der Waals surface area contributed by atoms with Crippen LogP contribution < -0.4 is 21.3 Å². The maximum atomic E-state index is 14.2. The molecule has 286 valence electrons. The van der Waals surface area contributed by atoms with Gasteiger partial charge in [0.05, 0.1) is 17.6 Å². The molecule has 0 bridgehead atoms. The molecule has 6 aromatic rings. The molecule has 1 atom stereocenters. The zero-order valence-electron chi connectivity index (χ0n) is 30.6. The Labute approximate surface area is 336 Å². The average molecular weight is 799 g/mol. The van der Waals surface area contributed by atoms with Crippen molar-refractivity contribution in [1.29, 1.82) is 0 Å². The van der Waals surface area contributed by atoms with Gasteiger partial charge in [-0.15, -0.1) is 23.1 Å². The fourth-order valence-corrected chi connectivity index (χ4v) is 7.78. The first-order valence-electron chi connectivity index (χ1n) is 17.4. The largest absolute Gasteiger partial charge is 0.465 e. The van der Waals surface area contributed by atoms with Crippen LogP contribution >= 0.6 is 23.1 Å². The highest BCUT2D eigenvalue weighted by Gasteiger charge is 2.30. The summed E-state index contributed by atoms with van der Waals surface area (Å²) in [5.41, 5.74) is 2.74. The molecular formula is C44H35FN4O6S2. The molecule has 0 aliphatic heterocycles. The van der Waals surface area contributed by atoms with E-state index in [1.807, 2.05) is 12.1 Å². The topological polar surface area (TPSA) is 143 Å². The van der Waals surface area contributed by atoms with Crippen molar-refractivity contribution in [2.75, 3.05) is 23.1 Å². The first-order chi connectivity index (χ1) is 27.6. The summed E-state index contributed by atoms with van der Waals surface area (Å²) >= 11 is 2.16. The Hall–Kier alpha value is -6.83. The number of esters is 1. The Kier molecular flexibility index (Phi) is 13.1. The van der Waals surface area contributed by atoms with Gasteiger partial charge in [-0.05, 0) is 84.3 Å². The van der Waals surface area contributed by atoms with Crippen LogP contribution in [0.4, 0.5) is 20.8 Å². The van der Waals surface area contributed by atoms with Gasteiger partial charge >= 0.3 is 5.97 Å². The van der Waals surface area contributed by atoms with E-state index in [4.69, 9.17) is 4.74 Å². The van der Waals surface area contributed by atoms with Gasteiger partial charge in [0.2, 0.25) is 5.91 Å². The summed E-state index contributed by atoms with van der Waals surface area (Å²) in [6, 6.07) is 38.5. The molecule has 0 saturated heterocycles. The van der Waals surface area contributed by atoms with Crippen molar-refractivity contribution < 1.29 is 33.1 Å². The lowest BCUT2D eigenvalue weighted by Crippen LogP contribution is -2.30. The summed E-state index contributed by atoms with van der Waals surface area (Å²) in [5.74, 6) is -3.24. The van der Waals surface area contributed by atoms with E-state index in [9.17, 15) is 28.4 Å². The van der Waals surface area contributed by atoms with Crippen molar-refractivity contribution >= 4 is 75.1 Å². The zero-order chi connectivity index (χ0) is 40.3. The van der Waals surface area contributed by atoms with Crippen LogP contribution in [0.15, 0.2) is 150 Å². The summed E-state index contributed by atoms with van der Waals surface area (Å²) in [4.78, 5) is 68.2. The van der Waals surface area contributed by atoms with Gasteiger partial charge in [0.1, 0.15) is 21.8 Å². The number of para-hydroxylation sites is 1. The number of halogens is 1. The summed E-state index contributed by atoms with van der Waals surface area (Å²) in [6.07, 6.45) is 1.44. The molecule has 0 radical (unpaired) electrons. The van der Waals surface area contributed by atoms with Gasteiger partial charge in [-0.1, -0.05) is 84.9 Å². The van der Waals surface area contributed by atoms with Crippen molar-refractivity contribution in [3.05, 3.63) is 184 Å². The number of anilines is 3. The summed E-state index contributed by atoms with van der Waals surface area (Å²) in [5, 5.41) is 10.5. The van der Waals surface area contributed by atoms with Crippen LogP contribution in [0.2, 0.25) is 0 Å². The fourth-order valence-electron chi connectivity index (χ4n) is 5.60. The Bertz CT molecular complexity index is 2440. The maximum absolute atomic E-state index is 14.2. The standard InChI is InChI=1S/C44H35FN4O6S2/c1-27-36(44(54)55-2)43(57-37(27)41(52)46-32-17-10-5-11-18-32)49-42(53)38(29-13-6-3-7-14-29)56-34-20-12-19-33(26-34)47-40(51)35(25-28-21-23-31(45)24-22-28)48-39(50)30-15-8-4-9-16-30/h3-26,38H,1-2H3,(H,46,52)(H,47,51)(H,48,50)(H,49,53)/b35-25+. The van der Waals surface area contributed by atoms with E-state index < -0.39 is 40.7 Å². The predicted molar refractivity (Wildman–Crippen MR) is 222 cm³/mol. The minimum Gasteiger partial charge on any atom is -0.465 e. The zero-order valence-corrected chi connectivity index (χ0v) is 32.2. The second-order valence-corrected chi connectivity index (χ2v) is 14.6. The summed E-state index contributed by atoms with van der Waals surface area (Å²) in [6.45, 7) is 1.62. The van der Waals surface area contributed by atoms with E-state index in [2.05, 4.69) is 21.3 Å². The Morgan fingerprint density at radius 2 is 1.35 bits per heavy atom. The molecule has 10 nitrogen and oxygen atoms in total. The van der Waals surface area contributed by atoms with E-state index in [0.717, 1.165) is 11.3 Å². The molecule has 13 heteroatoms. The molecule has 0 aliphatic rings. The minimum atomic E-state index is -0.856. The molecule has 4 amide bonds. The molecule has 0 spiro atoms. The lowest BCUT2D eigenvalue weighted by Gasteiger charge is -2.18. The highest BCUT2D eigenvalue weighted by Crippen LogP contribution is 2.40. The molecule has 4 N–H and O–H groups in total. The van der Waals surface area contributed by atoms with Gasteiger partial charge in [0, 0.05) is 21.8 Å². The summed E-state index contributed by atoms with van der Waals surface area (Å²) in [7, 11) is 1.22. The van der Waals surface area contributed by atoms with Crippen molar-refractivity contribution in [2.24, 2.45) is 0 Å². The second-order valence-electron chi connectivity index (χ2n) is 12.4. The molecular weight excluding hydrogens is 764 g/mol. The van der Waals surface area contributed by atoms with Crippen LogP contribution in [-0.4, -0.2) is 36.7 Å². The van der Waals surface area contributed by atoms with Crippen molar-refractivity contribution in [2.45, 2.75) is 17.1 Å². The van der Waals surface area contributed by atoms with Gasteiger partial charge in [-0.3, -0.25) is 19.2 Å². The number of rotatable bonds is 13. The van der Waals surface area contributed by atoms with Crippen LogP contribution in [0.25, 0.3) is 6.08 Å². The van der Waals surface area contributed by atoms with Crippen LogP contribution in [0.5, 0.6) is 0 Å². The third-order valence-corrected chi connectivity index (χ3v) is 10.9. The number of hydrogen-bond acceptors (Lipinski definition) is 8. The highest BCUT2D eigenvalue weighted by atomic mass is 32.2. The molecule has 6 rings (SSSR count). The number of nitrogens with one attached hydrogen (secondary N) is 4. The smallest absolute Gasteiger partial charge is 0.341 e. The van der Waals surface area contributed by atoms with Crippen molar-refractivity contribution in [3.63, 3.8) is 0 Å². The van der Waals surface area contributed by atoms with Gasteiger partial charge in [-0.2, -0.15) is 0 Å². The van der Waals surface area contributed by atoms with Gasteiger partial charge < -0.3 is 26.0 Å². The lowest BCUT2D eigenvalue weighted by atomic mass is 10.1. The fraction of sp³-hybridized carbons (Fsp3) is 0.0682. The quantitative estimate of drug-likeness (QED) is 0.0519. The lowest BCUT2D eigenvalue weighted by molar-refractivity contribution is -0.116. The van der Waals surface area contributed by atoms with Crippen LogP contribution in [0.1, 0.15) is 52.3 Å². The van der Waals surface area contributed by atoms with Crippen molar-refractivity contribution in [3.8, 4) is 0 Å². The maximum Gasteiger partial charge on any atom is 0.341 e. The number of thiophene rings is 1. The number of amides is 4. The number of hydrogen-bond donors (Lipinski definition) is 4. The molecule has 0 aliphatic carbocycles. The first kappa shape index (κ1) is 39.9. The Balaban J connectivity index is 1.25. The number of benzene rings is 5. The SMILES string of the molecule is COC(=O)c1c(NC(=O)C(Sc2cccc(NC(=O)/C(=C\c3ccc(F)cc3)NC(=O)c3ccccc3)c2)c2ccccc2)sc(C(=O)Nc2ccccc2)c1C. The molecule has 5 aromatic carbocycles. The first-order valence-corrected chi connectivity index (χ1v) is 19.1. The van der Waals surface area contributed by atoms with E-state index in [1.54, 1.807) is 110 Å². The monoisotopic (exact) mass is 798 g/mol. The van der Waals surface area contributed by atoms with Crippen molar-refractivity contribution in [1.82, 2.24) is 5.32 Å². The average Bonchev–Trinajstić information content (AvgIpc) is 3.56. The number of carbonyl (C=O) groups excluding carboxylic acids is 5. The Morgan fingerprint density at radius 1 is 0.719 bits per heavy atom. The second kappa shape index (κ2) is 18.7. The summed E-state index contributed by atoms with van der Waals surface area (Å²) < 4.78 is 18.7. The molecule has 0 saturated carbocycles. The third kappa shape index (κ3) is 10.3. The number of ether oxygens (including phenoxy) is 1. The molecule has 57 heavy (non-hydrogen) atoms. The number of thioether (sulfide) groups is 1. The number of carbonyl (C=O) groups is 5. The molecule has 0 fully saturated rings. The van der Waals surface area contributed by atoms with Crippen LogP contribution in [-0.2, 0) is 14.3 Å².